The number of hydrogen-bond donors (Lipinski definition) is 1. The summed E-state index contributed by atoms with van der Waals surface area (Å²) in [4.78, 5) is 12.1. The Hall–Kier alpha value is -2.75. The number of fused-ring (bicyclic) bond motifs is 1. The molecule has 112 valence electrons. The van der Waals surface area contributed by atoms with Gasteiger partial charge in [-0.1, -0.05) is 30.3 Å². The highest BCUT2D eigenvalue weighted by atomic mass is 16.5. The third-order valence-electron chi connectivity index (χ3n) is 3.34. The van der Waals surface area contributed by atoms with E-state index in [1.165, 1.54) is 0 Å². The first-order chi connectivity index (χ1) is 10.8. The van der Waals surface area contributed by atoms with Crippen molar-refractivity contribution >= 4 is 16.9 Å². The molecule has 4 nitrogen and oxygen atoms in total. The summed E-state index contributed by atoms with van der Waals surface area (Å²) in [5.41, 5.74) is 1.72. The fourth-order valence-corrected chi connectivity index (χ4v) is 2.23. The van der Waals surface area contributed by atoms with Gasteiger partial charge in [-0.05, 0) is 36.8 Å². The minimum atomic E-state index is -0.218. The Morgan fingerprint density at radius 1 is 1.14 bits per heavy atom. The summed E-state index contributed by atoms with van der Waals surface area (Å²) in [6.45, 7) is 3.03. The Kier molecular flexibility index (Phi) is 4.10. The van der Waals surface area contributed by atoms with E-state index in [0.29, 0.717) is 24.5 Å². The Morgan fingerprint density at radius 2 is 1.91 bits per heavy atom. The van der Waals surface area contributed by atoms with Crippen molar-refractivity contribution in [3.05, 3.63) is 65.9 Å². The zero-order valence-corrected chi connectivity index (χ0v) is 12.3. The summed E-state index contributed by atoms with van der Waals surface area (Å²) < 4.78 is 10.9. The molecule has 0 fully saturated rings. The van der Waals surface area contributed by atoms with Crippen LogP contribution in [-0.2, 0) is 6.54 Å². The molecule has 0 radical (unpaired) electrons. The third-order valence-corrected chi connectivity index (χ3v) is 3.34. The van der Waals surface area contributed by atoms with Crippen molar-refractivity contribution in [2.24, 2.45) is 0 Å². The second-order valence-electron chi connectivity index (χ2n) is 4.91. The first kappa shape index (κ1) is 14.2. The monoisotopic (exact) mass is 295 g/mol. The predicted octanol–water partition coefficient (Wildman–Crippen LogP) is 3.76. The molecule has 0 bridgehead atoms. The maximum absolute atomic E-state index is 12.1. The van der Waals surface area contributed by atoms with Gasteiger partial charge in [0.15, 0.2) is 5.76 Å². The molecule has 0 saturated carbocycles. The molecule has 1 amide bonds. The number of carbonyl (C=O) groups excluding carboxylic acids is 1. The van der Waals surface area contributed by atoms with E-state index in [2.05, 4.69) is 5.32 Å². The number of benzene rings is 2. The number of furan rings is 1. The van der Waals surface area contributed by atoms with Crippen molar-refractivity contribution in [2.75, 3.05) is 6.61 Å². The lowest BCUT2D eigenvalue weighted by Crippen LogP contribution is -2.22. The highest BCUT2D eigenvalue weighted by Crippen LogP contribution is 2.18. The zero-order valence-electron chi connectivity index (χ0n) is 12.3. The molecule has 1 aromatic heterocycles. The van der Waals surface area contributed by atoms with Crippen molar-refractivity contribution in [3.8, 4) is 5.75 Å². The fourth-order valence-electron chi connectivity index (χ4n) is 2.23. The Labute approximate surface area is 128 Å². The van der Waals surface area contributed by atoms with Crippen molar-refractivity contribution in [1.29, 1.82) is 0 Å². The molecule has 0 aliphatic heterocycles. The van der Waals surface area contributed by atoms with Gasteiger partial charge in [-0.3, -0.25) is 4.79 Å². The smallest absolute Gasteiger partial charge is 0.287 e. The lowest BCUT2D eigenvalue weighted by atomic mass is 10.2. The second kappa shape index (κ2) is 6.35. The van der Waals surface area contributed by atoms with Gasteiger partial charge in [0, 0.05) is 11.9 Å². The average Bonchev–Trinajstić information content (AvgIpc) is 2.98. The normalized spacial score (nSPS) is 10.6. The first-order valence-corrected chi connectivity index (χ1v) is 7.25. The zero-order chi connectivity index (χ0) is 15.4. The molecule has 0 atom stereocenters. The lowest BCUT2D eigenvalue weighted by molar-refractivity contribution is 0.0925. The SMILES string of the molecule is CCOc1ccc(CNC(=O)c2cc3ccccc3o2)cc1. The van der Waals surface area contributed by atoms with Crippen LogP contribution in [0.25, 0.3) is 11.0 Å². The van der Waals surface area contributed by atoms with Crippen LogP contribution >= 0.6 is 0 Å². The van der Waals surface area contributed by atoms with Crippen LogP contribution in [-0.4, -0.2) is 12.5 Å². The van der Waals surface area contributed by atoms with E-state index in [9.17, 15) is 4.79 Å². The number of amides is 1. The van der Waals surface area contributed by atoms with Crippen molar-refractivity contribution in [2.45, 2.75) is 13.5 Å². The molecule has 22 heavy (non-hydrogen) atoms. The molecular weight excluding hydrogens is 278 g/mol. The van der Waals surface area contributed by atoms with Crippen LogP contribution in [0.2, 0.25) is 0 Å². The third kappa shape index (κ3) is 3.11. The fraction of sp³-hybridized carbons (Fsp3) is 0.167. The van der Waals surface area contributed by atoms with Gasteiger partial charge in [0.1, 0.15) is 11.3 Å². The van der Waals surface area contributed by atoms with Gasteiger partial charge in [-0.25, -0.2) is 0 Å². The highest BCUT2D eigenvalue weighted by Gasteiger charge is 2.11. The van der Waals surface area contributed by atoms with E-state index in [0.717, 1.165) is 16.7 Å². The maximum Gasteiger partial charge on any atom is 0.287 e. The van der Waals surface area contributed by atoms with Gasteiger partial charge in [0.2, 0.25) is 0 Å². The molecule has 0 aliphatic carbocycles. The average molecular weight is 295 g/mol. The maximum atomic E-state index is 12.1. The van der Waals surface area contributed by atoms with Crippen LogP contribution in [0.4, 0.5) is 0 Å². The van der Waals surface area contributed by atoms with Gasteiger partial charge < -0.3 is 14.5 Å². The molecule has 0 aliphatic rings. The predicted molar refractivity (Wildman–Crippen MR) is 85.0 cm³/mol. The van der Waals surface area contributed by atoms with E-state index < -0.39 is 0 Å². The Morgan fingerprint density at radius 3 is 2.64 bits per heavy atom. The van der Waals surface area contributed by atoms with E-state index in [1.54, 1.807) is 6.07 Å². The Bertz CT molecular complexity index is 741. The molecule has 3 rings (SSSR count). The molecule has 1 heterocycles. The second-order valence-corrected chi connectivity index (χ2v) is 4.91. The number of carbonyl (C=O) groups is 1. The molecule has 2 aromatic carbocycles. The highest BCUT2D eigenvalue weighted by molar-refractivity contribution is 5.95. The van der Waals surface area contributed by atoms with Crippen LogP contribution in [0.1, 0.15) is 23.0 Å². The first-order valence-electron chi connectivity index (χ1n) is 7.25. The number of nitrogens with one attached hydrogen (secondary N) is 1. The van der Waals surface area contributed by atoms with Crippen molar-refractivity contribution < 1.29 is 13.9 Å². The lowest BCUT2D eigenvalue weighted by Gasteiger charge is -2.06. The van der Waals surface area contributed by atoms with Gasteiger partial charge in [-0.2, -0.15) is 0 Å². The summed E-state index contributed by atoms with van der Waals surface area (Å²) in [6.07, 6.45) is 0. The van der Waals surface area contributed by atoms with Crippen molar-refractivity contribution in [3.63, 3.8) is 0 Å². The van der Waals surface area contributed by atoms with E-state index >= 15 is 0 Å². The van der Waals surface area contributed by atoms with Crippen molar-refractivity contribution in [1.82, 2.24) is 5.32 Å². The van der Waals surface area contributed by atoms with Crippen LogP contribution < -0.4 is 10.1 Å². The quantitative estimate of drug-likeness (QED) is 0.779. The number of hydrogen-bond acceptors (Lipinski definition) is 3. The van der Waals surface area contributed by atoms with E-state index in [4.69, 9.17) is 9.15 Å². The summed E-state index contributed by atoms with van der Waals surface area (Å²) in [7, 11) is 0. The summed E-state index contributed by atoms with van der Waals surface area (Å²) in [5.74, 6) is 0.937. The summed E-state index contributed by atoms with van der Waals surface area (Å²) in [5, 5.41) is 3.78. The topological polar surface area (TPSA) is 51.5 Å². The summed E-state index contributed by atoms with van der Waals surface area (Å²) in [6, 6.07) is 17.0. The minimum absolute atomic E-state index is 0.218. The van der Waals surface area contributed by atoms with Gasteiger partial charge >= 0.3 is 0 Å². The molecule has 0 saturated heterocycles. The molecule has 1 N–H and O–H groups in total. The van der Waals surface area contributed by atoms with Gasteiger partial charge in [0.05, 0.1) is 6.61 Å². The standard InChI is InChI=1S/C18H17NO3/c1-2-21-15-9-7-13(8-10-15)12-19-18(20)17-11-14-5-3-4-6-16(14)22-17/h3-11H,2,12H2,1H3,(H,19,20). The summed E-state index contributed by atoms with van der Waals surface area (Å²) >= 11 is 0. The molecule has 0 spiro atoms. The van der Waals surface area contributed by atoms with Gasteiger partial charge in [0.25, 0.3) is 5.91 Å². The number of ether oxygens (including phenoxy) is 1. The molecule has 3 aromatic rings. The van der Waals surface area contributed by atoms with Crippen LogP contribution in [0, 0.1) is 0 Å². The largest absolute Gasteiger partial charge is 0.494 e. The van der Waals surface area contributed by atoms with Crippen LogP contribution in [0.15, 0.2) is 59.0 Å². The van der Waals surface area contributed by atoms with E-state index in [1.807, 2.05) is 55.5 Å². The molecular formula is C18H17NO3. The Balaban J connectivity index is 1.64. The van der Waals surface area contributed by atoms with E-state index in [-0.39, 0.29) is 5.91 Å². The van der Waals surface area contributed by atoms with Crippen LogP contribution in [0.5, 0.6) is 5.75 Å². The number of para-hydroxylation sites is 1. The molecule has 4 heteroatoms. The van der Waals surface area contributed by atoms with Gasteiger partial charge in [-0.15, -0.1) is 0 Å². The number of rotatable bonds is 5. The molecule has 0 unspecified atom stereocenters. The van der Waals surface area contributed by atoms with Crippen LogP contribution in [0.3, 0.4) is 0 Å². The minimum Gasteiger partial charge on any atom is -0.494 e.